The molecule has 1 aromatic rings. The number of halogens is 4. The van der Waals surface area contributed by atoms with E-state index >= 15 is 0 Å². The molecule has 0 radical (unpaired) electrons. The number of likely N-dealkylation sites (tertiary alicyclic amines) is 1. The fraction of sp³-hybridized carbons (Fsp3) is 0.462. The van der Waals surface area contributed by atoms with Gasteiger partial charge in [0.05, 0.1) is 5.56 Å². The summed E-state index contributed by atoms with van der Waals surface area (Å²) in [5.74, 6) is 0.250. The van der Waals surface area contributed by atoms with E-state index in [-0.39, 0.29) is 18.4 Å². The van der Waals surface area contributed by atoms with Crippen molar-refractivity contribution in [3.8, 4) is 0 Å². The van der Waals surface area contributed by atoms with Gasteiger partial charge in [-0.2, -0.15) is 13.2 Å². The summed E-state index contributed by atoms with van der Waals surface area (Å²) >= 11 is 3.33. The molecule has 6 heteroatoms. The SMILES string of the molecule is O=C1CC(CBr)CN1Cc1cccc(C(F)(F)F)c1. The molecule has 1 saturated heterocycles. The van der Waals surface area contributed by atoms with E-state index in [2.05, 4.69) is 15.9 Å². The molecule has 0 N–H and O–H groups in total. The average molecular weight is 336 g/mol. The zero-order valence-corrected chi connectivity index (χ0v) is 11.7. The fourth-order valence-corrected chi connectivity index (χ4v) is 2.61. The summed E-state index contributed by atoms with van der Waals surface area (Å²) in [6.07, 6.45) is -3.88. The number of rotatable bonds is 3. The molecule has 0 aliphatic carbocycles. The largest absolute Gasteiger partial charge is 0.416 e. The molecule has 1 fully saturated rings. The Morgan fingerprint density at radius 1 is 1.37 bits per heavy atom. The van der Waals surface area contributed by atoms with Gasteiger partial charge in [-0.1, -0.05) is 28.1 Å². The van der Waals surface area contributed by atoms with Gasteiger partial charge in [0.15, 0.2) is 0 Å². The summed E-state index contributed by atoms with van der Waals surface area (Å²) in [5, 5.41) is 0.734. The first-order valence-corrected chi connectivity index (χ1v) is 7.02. The number of alkyl halides is 4. The van der Waals surface area contributed by atoms with Crippen molar-refractivity contribution in [3.05, 3.63) is 35.4 Å². The number of amides is 1. The number of hydrogen-bond donors (Lipinski definition) is 0. The van der Waals surface area contributed by atoms with Crippen LogP contribution in [0, 0.1) is 5.92 Å². The van der Waals surface area contributed by atoms with Crippen LogP contribution >= 0.6 is 15.9 Å². The lowest BCUT2D eigenvalue weighted by atomic mass is 10.1. The van der Waals surface area contributed by atoms with Crippen molar-refractivity contribution in [1.82, 2.24) is 4.90 Å². The molecule has 104 valence electrons. The van der Waals surface area contributed by atoms with Crippen LogP contribution in [0.25, 0.3) is 0 Å². The molecule has 19 heavy (non-hydrogen) atoms. The molecule has 0 saturated carbocycles. The third-order valence-electron chi connectivity index (χ3n) is 3.14. The fourth-order valence-electron chi connectivity index (χ4n) is 2.18. The Kier molecular flexibility index (Phi) is 4.18. The van der Waals surface area contributed by atoms with E-state index < -0.39 is 11.7 Å². The lowest BCUT2D eigenvalue weighted by Gasteiger charge is -2.17. The van der Waals surface area contributed by atoms with Crippen molar-refractivity contribution in [3.63, 3.8) is 0 Å². The average Bonchev–Trinajstić information content (AvgIpc) is 2.70. The van der Waals surface area contributed by atoms with Crippen molar-refractivity contribution >= 4 is 21.8 Å². The van der Waals surface area contributed by atoms with Gasteiger partial charge in [0.25, 0.3) is 0 Å². The van der Waals surface area contributed by atoms with Gasteiger partial charge in [-0.3, -0.25) is 4.79 Å². The smallest absolute Gasteiger partial charge is 0.338 e. The van der Waals surface area contributed by atoms with Gasteiger partial charge in [0, 0.05) is 24.8 Å². The molecule has 0 bridgehead atoms. The van der Waals surface area contributed by atoms with Gasteiger partial charge in [0.2, 0.25) is 5.91 Å². The molecule has 0 spiro atoms. The van der Waals surface area contributed by atoms with Gasteiger partial charge in [0.1, 0.15) is 0 Å². The number of nitrogens with zero attached hydrogens (tertiary/aromatic N) is 1. The van der Waals surface area contributed by atoms with E-state index in [9.17, 15) is 18.0 Å². The summed E-state index contributed by atoms with van der Waals surface area (Å²) in [4.78, 5) is 13.3. The van der Waals surface area contributed by atoms with Gasteiger partial charge in [-0.25, -0.2) is 0 Å². The molecule has 1 unspecified atom stereocenters. The third-order valence-corrected chi connectivity index (χ3v) is 4.06. The molecule has 2 nitrogen and oxygen atoms in total. The minimum atomic E-state index is -4.34. The second-order valence-corrected chi connectivity index (χ2v) is 5.34. The third kappa shape index (κ3) is 3.49. The van der Waals surface area contributed by atoms with Crippen LogP contribution in [0.1, 0.15) is 17.5 Å². The minimum absolute atomic E-state index is 0.00172. The van der Waals surface area contributed by atoms with Gasteiger partial charge < -0.3 is 4.90 Å². The van der Waals surface area contributed by atoms with Crippen LogP contribution in [0.5, 0.6) is 0 Å². The zero-order chi connectivity index (χ0) is 14.0. The van der Waals surface area contributed by atoms with E-state index in [4.69, 9.17) is 0 Å². The summed E-state index contributed by atoms with van der Waals surface area (Å²) in [5.41, 5.74) is -0.160. The lowest BCUT2D eigenvalue weighted by molar-refractivity contribution is -0.137. The standard InChI is InChI=1S/C13H13BrF3NO/c14-6-10-5-12(19)18(8-10)7-9-2-1-3-11(4-9)13(15,16)17/h1-4,10H,5-8H2. The Balaban J connectivity index is 2.10. The van der Waals surface area contributed by atoms with Gasteiger partial charge >= 0.3 is 6.18 Å². The molecule has 1 aliphatic rings. The molecule has 0 aromatic heterocycles. The quantitative estimate of drug-likeness (QED) is 0.775. The van der Waals surface area contributed by atoms with Crippen LogP contribution in [0.3, 0.4) is 0 Å². The Bertz CT molecular complexity index is 475. The van der Waals surface area contributed by atoms with Crippen molar-refractivity contribution in [2.45, 2.75) is 19.1 Å². The summed E-state index contributed by atoms with van der Waals surface area (Å²) in [7, 11) is 0. The van der Waals surface area contributed by atoms with Crippen molar-refractivity contribution in [2.24, 2.45) is 5.92 Å². The molecule has 1 aliphatic heterocycles. The van der Waals surface area contributed by atoms with Crippen molar-refractivity contribution in [2.75, 3.05) is 11.9 Å². The lowest BCUT2D eigenvalue weighted by Crippen LogP contribution is -2.24. The van der Waals surface area contributed by atoms with Crippen LogP contribution in [-0.2, 0) is 17.5 Å². The molecule has 1 aromatic carbocycles. The zero-order valence-electron chi connectivity index (χ0n) is 10.1. The molecular weight excluding hydrogens is 323 g/mol. The monoisotopic (exact) mass is 335 g/mol. The first kappa shape index (κ1) is 14.4. The predicted molar refractivity (Wildman–Crippen MR) is 68.8 cm³/mol. The highest BCUT2D eigenvalue weighted by atomic mass is 79.9. The van der Waals surface area contributed by atoms with Crippen LogP contribution in [-0.4, -0.2) is 22.7 Å². The van der Waals surface area contributed by atoms with Crippen molar-refractivity contribution < 1.29 is 18.0 Å². The van der Waals surface area contributed by atoms with Crippen LogP contribution in [0.2, 0.25) is 0 Å². The highest BCUT2D eigenvalue weighted by molar-refractivity contribution is 9.09. The number of benzene rings is 1. The van der Waals surface area contributed by atoms with Crippen LogP contribution in [0.15, 0.2) is 24.3 Å². The molecule has 2 rings (SSSR count). The van der Waals surface area contributed by atoms with Gasteiger partial charge in [-0.15, -0.1) is 0 Å². The number of hydrogen-bond acceptors (Lipinski definition) is 1. The van der Waals surface area contributed by atoms with E-state index in [1.54, 1.807) is 11.0 Å². The van der Waals surface area contributed by atoms with E-state index in [0.29, 0.717) is 18.5 Å². The Morgan fingerprint density at radius 3 is 2.68 bits per heavy atom. The maximum absolute atomic E-state index is 12.6. The topological polar surface area (TPSA) is 20.3 Å². The van der Waals surface area contributed by atoms with E-state index in [0.717, 1.165) is 17.5 Å². The Morgan fingerprint density at radius 2 is 2.11 bits per heavy atom. The van der Waals surface area contributed by atoms with Crippen molar-refractivity contribution in [1.29, 1.82) is 0 Å². The maximum Gasteiger partial charge on any atom is 0.416 e. The summed E-state index contributed by atoms with van der Waals surface area (Å²) in [6.45, 7) is 0.840. The van der Waals surface area contributed by atoms with E-state index in [1.807, 2.05) is 0 Å². The van der Waals surface area contributed by atoms with Crippen LogP contribution in [0.4, 0.5) is 13.2 Å². The van der Waals surface area contributed by atoms with E-state index in [1.165, 1.54) is 6.07 Å². The second kappa shape index (κ2) is 5.53. The maximum atomic E-state index is 12.6. The minimum Gasteiger partial charge on any atom is -0.338 e. The first-order chi connectivity index (χ1) is 8.90. The second-order valence-electron chi connectivity index (χ2n) is 4.70. The predicted octanol–water partition coefficient (Wildman–Crippen LogP) is 3.45. The number of carbonyl (C=O) groups excluding carboxylic acids is 1. The summed E-state index contributed by atoms with van der Waals surface area (Å²) in [6, 6.07) is 5.13. The summed E-state index contributed by atoms with van der Waals surface area (Å²) < 4.78 is 37.8. The molecule has 1 amide bonds. The number of carbonyl (C=O) groups is 1. The van der Waals surface area contributed by atoms with Gasteiger partial charge in [-0.05, 0) is 23.6 Å². The molecular formula is C13H13BrF3NO. The molecule has 1 heterocycles. The first-order valence-electron chi connectivity index (χ1n) is 5.90. The Hall–Kier alpha value is -1.04. The molecule has 1 atom stereocenters. The highest BCUT2D eigenvalue weighted by Crippen LogP contribution is 2.30. The normalized spacial score (nSPS) is 20.1. The Labute approximate surface area is 117 Å². The van der Waals surface area contributed by atoms with Crippen LogP contribution < -0.4 is 0 Å². The highest BCUT2D eigenvalue weighted by Gasteiger charge is 2.32.